The highest BCUT2D eigenvalue weighted by Gasteiger charge is 2.30. The molecule has 17 heavy (non-hydrogen) atoms. The van der Waals surface area contributed by atoms with Gasteiger partial charge in [-0.3, -0.25) is 4.90 Å². The number of benzene rings is 1. The van der Waals surface area contributed by atoms with Gasteiger partial charge in [-0.1, -0.05) is 30.3 Å². The molecule has 1 aromatic carbocycles. The molecule has 2 atom stereocenters. The molecule has 0 bridgehead atoms. The summed E-state index contributed by atoms with van der Waals surface area (Å²) in [7, 11) is 0. The Morgan fingerprint density at radius 3 is 2.82 bits per heavy atom. The topological polar surface area (TPSA) is 53.0 Å². The predicted molar refractivity (Wildman–Crippen MR) is 68.2 cm³/mol. The Labute approximate surface area is 103 Å². The fourth-order valence-corrected chi connectivity index (χ4v) is 2.71. The van der Waals surface area contributed by atoms with Crippen LogP contribution in [0.2, 0.25) is 0 Å². The van der Waals surface area contributed by atoms with Gasteiger partial charge >= 0.3 is 0 Å². The van der Waals surface area contributed by atoms with Crippen LogP contribution in [0, 0.1) is 11.3 Å². The third-order valence-electron chi connectivity index (χ3n) is 3.56. The minimum absolute atomic E-state index is 0.206. The molecule has 1 fully saturated rings. The lowest BCUT2D eigenvalue weighted by Gasteiger charge is -2.31. The molecule has 2 rings (SSSR count). The Morgan fingerprint density at radius 2 is 2.18 bits per heavy atom. The number of rotatable bonds is 4. The van der Waals surface area contributed by atoms with Crippen LogP contribution in [0.25, 0.3) is 0 Å². The number of hydrogen-bond acceptors (Lipinski definition) is 3. The molecule has 1 aliphatic rings. The summed E-state index contributed by atoms with van der Waals surface area (Å²) >= 11 is 0. The molecule has 0 radical (unpaired) electrons. The molecule has 1 saturated heterocycles. The maximum Gasteiger partial charge on any atom is 0.0641 e. The van der Waals surface area contributed by atoms with E-state index in [4.69, 9.17) is 11.0 Å². The zero-order chi connectivity index (χ0) is 12.1. The Kier molecular flexibility index (Phi) is 4.13. The van der Waals surface area contributed by atoms with E-state index in [1.807, 2.05) is 18.2 Å². The van der Waals surface area contributed by atoms with Crippen LogP contribution >= 0.6 is 0 Å². The van der Waals surface area contributed by atoms with Crippen molar-refractivity contribution in [1.29, 1.82) is 5.26 Å². The van der Waals surface area contributed by atoms with E-state index in [0.717, 1.165) is 13.0 Å². The largest absolute Gasteiger partial charge is 0.329 e. The normalized spacial score (nSPS) is 22.2. The maximum absolute atomic E-state index is 9.01. The van der Waals surface area contributed by atoms with Crippen LogP contribution in [-0.2, 0) is 0 Å². The third kappa shape index (κ3) is 2.66. The van der Waals surface area contributed by atoms with Gasteiger partial charge in [-0.2, -0.15) is 5.26 Å². The zero-order valence-electron chi connectivity index (χ0n) is 10.0. The molecular weight excluding hydrogens is 210 g/mol. The predicted octanol–water partition coefficient (Wildman–Crippen LogP) is 2.06. The van der Waals surface area contributed by atoms with E-state index in [2.05, 4.69) is 23.1 Å². The number of likely N-dealkylation sites (tertiary alicyclic amines) is 1. The van der Waals surface area contributed by atoms with Crippen LogP contribution in [-0.4, -0.2) is 24.0 Å². The number of nitrogens with zero attached hydrogens (tertiary/aromatic N) is 2. The average molecular weight is 229 g/mol. The molecule has 1 aromatic rings. The molecule has 0 amide bonds. The molecule has 0 aromatic heterocycles. The lowest BCUT2D eigenvalue weighted by molar-refractivity contribution is 0.186. The van der Waals surface area contributed by atoms with Crippen molar-refractivity contribution in [2.75, 3.05) is 13.1 Å². The van der Waals surface area contributed by atoms with Crippen LogP contribution in [0.3, 0.4) is 0 Å². The first-order chi connectivity index (χ1) is 8.36. The van der Waals surface area contributed by atoms with Crippen LogP contribution in [0.15, 0.2) is 30.3 Å². The van der Waals surface area contributed by atoms with E-state index < -0.39 is 0 Å². The molecule has 90 valence electrons. The van der Waals surface area contributed by atoms with E-state index in [9.17, 15) is 0 Å². The Morgan fingerprint density at radius 1 is 1.41 bits per heavy atom. The van der Waals surface area contributed by atoms with Gasteiger partial charge in [-0.05, 0) is 24.9 Å². The molecule has 1 aliphatic heterocycles. The summed E-state index contributed by atoms with van der Waals surface area (Å²) in [4.78, 5) is 2.40. The molecule has 3 nitrogen and oxygen atoms in total. The van der Waals surface area contributed by atoms with Gasteiger partial charge in [0.2, 0.25) is 0 Å². The smallest absolute Gasteiger partial charge is 0.0641 e. The second kappa shape index (κ2) is 5.81. The van der Waals surface area contributed by atoms with Gasteiger partial charge in [-0.25, -0.2) is 0 Å². The van der Waals surface area contributed by atoms with Crippen LogP contribution in [0.4, 0.5) is 0 Å². The third-order valence-corrected chi connectivity index (χ3v) is 3.56. The molecular formula is C14H19N3. The van der Waals surface area contributed by atoms with Crippen molar-refractivity contribution in [3.63, 3.8) is 0 Å². The molecule has 3 heteroatoms. The lowest BCUT2D eigenvalue weighted by Crippen LogP contribution is -2.38. The van der Waals surface area contributed by atoms with E-state index >= 15 is 0 Å². The van der Waals surface area contributed by atoms with Gasteiger partial charge in [0, 0.05) is 18.6 Å². The lowest BCUT2D eigenvalue weighted by atomic mass is 10.0. The minimum Gasteiger partial charge on any atom is -0.329 e. The number of nitriles is 1. The summed E-state index contributed by atoms with van der Waals surface area (Å²) in [5, 5.41) is 9.01. The van der Waals surface area contributed by atoms with E-state index in [1.165, 1.54) is 12.0 Å². The van der Waals surface area contributed by atoms with Gasteiger partial charge in [0.15, 0.2) is 0 Å². The summed E-state index contributed by atoms with van der Waals surface area (Å²) in [5.74, 6) is 0. The molecule has 0 spiro atoms. The molecule has 2 N–H and O–H groups in total. The van der Waals surface area contributed by atoms with Crippen LogP contribution < -0.4 is 5.73 Å². The molecule has 0 aliphatic carbocycles. The Hall–Kier alpha value is -1.37. The minimum atomic E-state index is 0.206. The average Bonchev–Trinajstić information content (AvgIpc) is 2.85. The summed E-state index contributed by atoms with van der Waals surface area (Å²) in [6, 6.07) is 13.2. The SMILES string of the molecule is N#CCC(c1ccccc1)N1CCCC1CN. The number of hydrogen-bond donors (Lipinski definition) is 1. The maximum atomic E-state index is 9.01. The van der Waals surface area contributed by atoms with Crippen molar-refractivity contribution >= 4 is 0 Å². The van der Waals surface area contributed by atoms with Crippen molar-refractivity contribution in [2.45, 2.75) is 31.3 Å². The molecule has 0 saturated carbocycles. The molecule has 1 heterocycles. The van der Waals surface area contributed by atoms with Crippen molar-refractivity contribution in [2.24, 2.45) is 5.73 Å². The quantitative estimate of drug-likeness (QED) is 0.859. The van der Waals surface area contributed by atoms with Gasteiger partial charge < -0.3 is 5.73 Å². The van der Waals surface area contributed by atoms with Gasteiger partial charge in [0.25, 0.3) is 0 Å². The Balaban J connectivity index is 2.20. The number of nitrogens with two attached hydrogens (primary N) is 1. The van der Waals surface area contributed by atoms with E-state index in [-0.39, 0.29) is 6.04 Å². The van der Waals surface area contributed by atoms with Crippen LogP contribution in [0.1, 0.15) is 30.9 Å². The monoisotopic (exact) mass is 229 g/mol. The summed E-state index contributed by atoms with van der Waals surface area (Å²) in [5.41, 5.74) is 7.04. The van der Waals surface area contributed by atoms with E-state index in [1.54, 1.807) is 0 Å². The first-order valence-corrected chi connectivity index (χ1v) is 6.24. The fourth-order valence-electron chi connectivity index (χ4n) is 2.71. The summed E-state index contributed by atoms with van der Waals surface area (Å²) < 4.78 is 0. The van der Waals surface area contributed by atoms with Crippen LogP contribution in [0.5, 0.6) is 0 Å². The second-order valence-corrected chi connectivity index (χ2v) is 4.56. The standard InChI is InChI=1S/C14H19N3/c15-9-8-14(12-5-2-1-3-6-12)17-10-4-7-13(17)11-16/h1-3,5-6,13-14H,4,7-8,10-11,16H2. The fraction of sp³-hybridized carbons (Fsp3) is 0.500. The van der Waals surface area contributed by atoms with Crippen molar-refractivity contribution in [1.82, 2.24) is 4.90 Å². The van der Waals surface area contributed by atoms with E-state index in [0.29, 0.717) is 19.0 Å². The van der Waals surface area contributed by atoms with Crippen molar-refractivity contribution in [3.05, 3.63) is 35.9 Å². The highest BCUT2D eigenvalue weighted by atomic mass is 15.2. The summed E-state index contributed by atoms with van der Waals surface area (Å²) in [6.45, 7) is 1.75. The van der Waals surface area contributed by atoms with Crippen molar-refractivity contribution in [3.8, 4) is 6.07 Å². The Bertz CT molecular complexity index is 382. The van der Waals surface area contributed by atoms with Crippen molar-refractivity contribution < 1.29 is 0 Å². The van der Waals surface area contributed by atoms with Gasteiger partial charge in [0.05, 0.1) is 12.5 Å². The highest BCUT2D eigenvalue weighted by Crippen LogP contribution is 2.31. The summed E-state index contributed by atoms with van der Waals surface area (Å²) in [6.07, 6.45) is 2.89. The first kappa shape index (κ1) is 12.1. The zero-order valence-corrected chi connectivity index (χ0v) is 10.0. The second-order valence-electron chi connectivity index (χ2n) is 4.56. The van der Waals surface area contributed by atoms with Gasteiger partial charge in [0.1, 0.15) is 0 Å². The highest BCUT2D eigenvalue weighted by molar-refractivity contribution is 5.20. The first-order valence-electron chi connectivity index (χ1n) is 6.24. The van der Waals surface area contributed by atoms with Gasteiger partial charge in [-0.15, -0.1) is 0 Å². The molecule has 2 unspecified atom stereocenters.